The molecule has 1 fully saturated rings. The zero-order valence-corrected chi connectivity index (χ0v) is 12.5. The number of benzene rings is 1. The van der Waals surface area contributed by atoms with Crippen molar-refractivity contribution >= 4 is 11.6 Å². The van der Waals surface area contributed by atoms with E-state index in [4.69, 9.17) is 0 Å². The number of carbonyl (C=O) groups is 1. The van der Waals surface area contributed by atoms with Gasteiger partial charge in [0.15, 0.2) is 0 Å². The Bertz CT molecular complexity index is 646. The minimum Gasteiger partial charge on any atom is -0.508 e. The largest absolute Gasteiger partial charge is 0.508 e. The number of hydrogen-bond acceptors (Lipinski definition) is 4. The van der Waals surface area contributed by atoms with Crippen molar-refractivity contribution in [3.05, 3.63) is 53.7 Å². The van der Waals surface area contributed by atoms with E-state index in [9.17, 15) is 9.90 Å². The van der Waals surface area contributed by atoms with Crippen LogP contribution in [0, 0.1) is 0 Å². The van der Waals surface area contributed by atoms with Crippen LogP contribution in [0.2, 0.25) is 0 Å². The molecule has 0 bridgehead atoms. The van der Waals surface area contributed by atoms with Gasteiger partial charge in [-0.05, 0) is 30.5 Å². The predicted octanol–water partition coefficient (Wildman–Crippen LogP) is 2.74. The second kappa shape index (κ2) is 6.60. The van der Waals surface area contributed by atoms with Crippen LogP contribution in [0.5, 0.6) is 5.75 Å². The number of aromatic nitrogens is 1. The van der Waals surface area contributed by atoms with Crippen LogP contribution >= 0.6 is 0 Å². The highest BCUT2D eigenvalue weighted by Crippen LogP contribution is 2.19. The Hall–Kier alpha value is -2.36. The molecule has 1 N–H and O–H groups in total. The third kappa shape index (κ3) is 3.45. The van der Waals surface area contributed by atoms with Crippen molar-refractivity contribution in [2.75, 3.05) is 18.0 Å². The molecule has 0 amide bonds. The van der Waals surface area contributed by atoms with Gasteiger partial charge < -0.3 is 10.0 Å². The number of anilines is 1. The maximum Gasteiger partial charge on any atom is 0.141 e. The van der Waals surface area contributed by atoms with E-state index in [2.05, 4.69) is 9.88 Å². The molecule has 1 aromatic carbocycles. The van der Waals surface area contributed by atoms with Gasteiger partial charge in [-0.25, -0.2) is 4.98 Å². The number of Topliss-reactive ketones (excluding diaryl/α,β-unsaturated/α-hetero) is 1. The van der Waals surface area contributed by atoms with E-state index in [0.29, 0.717) is 12.0 Å². The van der Waals surface area contributed by atoms with E-state index in [1.807, 2.05) is 18.2 Å². The summed E-state index contributed by atoms with van der Waals surface area (Å²) in [5.41, 5.74) is 1.59. The van der Waals surface area contributed by atoms with Crippen LogP contribution in [0.4, 0.5) is 5.82 Å². The van der Waals surface area contributed by atoms with E-state index >= 15 is 0 Å². The van der Waals surface area contributed by atoms with Crippen LogP contribution in [-0.4, -0.2) is 29.0 Å². The molecule has 0 unspecified atom stereocenters. The topological polar surface area (TPSA) is 53.4 Å². The summed E-state index contributed by atoms with van der Waals surface area (Å²) in [6.07, 6.45) is 4.84. The van der Waals surface area contributed by atoms with E-state index in [1.54, 1.807) is 24.4 Å². The Labute approximate surface area is 130 Å². The number of phenolic OH excluding ortho intramolecular Hbond substituents is 1. The molecule has 1 aliphatic rings. The fourth-order valence-corrected chi connectivity index (χ4v) is 2.82. The SMILES string of the molecule is O=C(Cc1ccc(N2CCCC2)nc1)Cc1ccccc1O. The lowest BCUT2D eigenvalue weighted by molar-refractivity contribution is -0.117. The highest BCUT2D eigenvalue weighted by Gasteiger charge is 2.14. The molecule has 114 valence electrons. The lowest BCUT2D eigenvalue weighted by atomic mass is 10.0. The first-order valence-corrected chi connectivity index (χ1v) is 7.71. The van der Waals surface area contributed by atoms with E-state index in [0.717, 1.165) is 24.5 Å². The van der Waals surface area contributed by atoms with Gasteiger partial charge in [0.1, 0.15) is 17.4 Å². The van der Waals surface area contributed by atoms with Crippen molar-refractivity contribution in [1.29, 1.82) is 0 Å². The molecular formula is C18H20N2O2. The maximum absolute atomic E-state index is 12.1. The van der Waals surface area contributed by atoms with Crippen molar-refractivity contribution < 1.29 is 9.90 Å². The van der Waals surface area contributed by atoms with E-state index < -0.39 is 0 Å². The molecule has 0 radical (unpaired) electrons. The summed E-state index contributed by atoms with van der Waals surface area (Å²) in [7, 11) is 0. The number of para-hydroxylation sites is 1. The quantitative estimate of drug-likeness (QED) is 0.922. The normalized spacial score (nSPS) is 14.3. The molecule has 0 atom stereocenters. The standard InChI is InChI=1S/C18H20N2O2/c21-16(12-15-5-1-2-6-17(15)22)11-14-7-8-18(19-13-14)20-9-3-4-10-20/h1-2,5-8,13,22H,3-4,9-12H2. The molecule has 3 rings (SSSR count). The second-order valence-corrected chi connectivity index (χ2v) is 5.74. The molecule has 0 aliphatic carbocycles. The zero-order valence-electron chi connectivity index (χ0n) is 12.5. The monoisotopic (exact) mass is 296 g/mol. The molecule has 0 spiro atoms. The number of rotatable bonds is 5. The van der Waals surface area contributed by atoms with E-state index in [1.165, 1.54) is 12.8 Å². The molecule has 22 heavy (non-hydrogen) atoms. The molecule has 2 heterocycles. The van der Waals surface area contributed by atoms with Gasteiger partial charge >= 0.3 is 0 Å². The molecule has 4 nitrogen and oxygen atoms in total. The predicted molar refractivity (Wildman–Crippen MR) is 86.2 cm³/mol. The average Bonchev–Trinajstić information content (AvgIpc) is 3.05. The molecule has 1 aromatic heterocycles. The summed E-state index contributed by atoms with van der Waals surface area (Å²) in [5, 5.41) is 9.71. The van der Waals surface area contributed by atoms with Crippen molar-refractivity contribution in [2.45, 2.75) is 25.7 Å². The van der Waals surface area contributed by atoms with Crippen molar-refractivity contribution in [3.63, 3.8) is 0 Å². The molecular weight excluding hydrogens is 276 g/mol. The summed E-state index contributed by atoms with van der Waals surface area (Å²) >= 11 is 0. The number of hydrogen-bond donors (Lipinski definition) is 1. The smallest absolute Gasteiger partial charge is 0.141 e. The highest BCUT2D eigenvalue weighted by atomic mass is 16.3. The van der Waals surface area contributed by atoms with Crippen molar-refractivity contribution in [3.8, 4) is 5.75 Å². The van der Waals surface area contributed by atoms with Crippen LogP contribution in [0.1, 0.15) is 24.0 Å². The average molecular weight is 296 g/mol. The van der Waals surface area contributed by atoms with Gasteiger partial charge in [-0.3, -0.25) is 4.79 Å². The lowest BCUT2D eigenvalue weighted by Crippen LogP contribution is -2.18. The second-order valence-electron chi connectivity index (χ2n) is 5.74. The molecule has 2 aromatic rings. The van der Waals surface area contributed by atoms with Crippen molar-refractivity contribution in [1.82, 2.24) is 4.98 Å². The Morgan fingerprint density at radius 3 is 2.55 bits per heavy atom. The highest BCUT2D eigenvalue weighted by molar-refractivity contribution is 5.83. The first-order chi connectivity index (χ1) is 10.7. The Balaban J connectivity index is 1.60. The fraction of sp³-hybridized carbons (Fsp3) is 0.333. The lowest BCUT2D eigenvalue weighted by Gasteiger charge is -2.16. The summed E-state index contributed by atoms with van der Waals surface area (Å²) in [4.78, 5) is 18.9. The van der Waals surface area contributed by atoms with Gasteiger partial charge in [0.2, 0.25) is 0 Å². The summed E-state index contributed by atoms with van der Waals surface area (Å²) in [6, 6.07) is 10.9. The molecule has 1 aliphatic heterocycles. The number of aromatic hydroxyl groups is 1. The number of carbonyl (C=O) groups excluding carboxylic acids is 1. The third-order valence-electron chi connectivity index (χ3n) is 4.02. The van der Waals surface area contributed by atoms with Crippen LogP contribution in [-0.2, 0) is 17.6 Å². The van der Waals surface area contributed by atoms with Crippen LogP contribution < -0.4 is 4.90 Å². The van der Waals surface area contributed by atoms with Gasteiger partial charge in [-0.15, -0.1) is 0 Å². The van der Waals surface area contributed by atoms with Gasteiger partial charge in [0.25, 0.3) is 0 Å². The minimum atomic E-state index is 0.0808. The summed E-state index contributed by atoms with van der Waals surface area (Å²) in [6.45, 7) is 2.14. The first-order valence-electron chi connectivity index (χ1n) is 7.71. The number of nitrogens with zero attached hydrogens (tertiary/aromatic N) is 2. The van der Waals surface area contributed by atoms with Crippen molar-refractivity contribution in [2.24, 2.45) is 0 Å². The molecule has 1 saturated heterocycles. The summed E-state index contributed by atoms with van der Waals surface area (Å²) in [5.74, 6) is 1.25. The number of pyridine rings is 1. The van der Waals surface area contributed by atoms with Gasteiger partial charge in [0.05, 0.1) is 0 Å². The Morgan fingerprint density at radius 1 is 1.09 bits per heavy atom. The molecule has 4 heteroatoms. The van der Waals surface area contributed by atoms with Gasteiger partial charge in [-0.1, -0.05) is 24.3 Å². The zero-order chi connectivity index (χ0) is 15.4. The Kier molecular flexibility index (Phi) is 4.37. The van der Waals surface area contributed by atoms with Crippen LogP contribution in [0.25, 0.3) is 0 Å². The molecule has 0 saturated carbocycles. The number of ketones is 1. The van der Waals surface area contributed by atoms with Crippen LogP contribution in [0.15, 0.2) is 42.6 Å². The fourth-order valence-electron chi connectivity index (χ4n) is 2.82. The first kappa shape index (κ1) is 14.6. The Morgan fingerprint density at radius 2 is 1.86 bits per heavy atom. The number of phenols is 1. The maximum atomic E-state index is 12.1. The van der Waals surface area contributed by atoms with Gasteiger partial charge in [0, 0.05) is 37.7 Å². The minimum absolute atomic E-state index is 0.0808. The summed E-state index contributed by atoms with van der Waals surface area (Å²) < 4.78 is 0. The van der Waals surface area contributed by atoms with E-state index in [-0.39, 0.29) is 18.0 Å². The van der Waals surface area contributed by atoms with Crippen LogP contribution in [0.3, 0.4) is 0 Å². The van der Waals surface area contributed by atoms with Gasteiger partial charge in [-0.2, -0.15) is 0 Å². The third-order valence-corrected chi connectivity index (χ3v) is 4.02.